The van der Waals surface area contributed by atoms with E-state index in [2.05, 4.69) is 10.3 Å². The number of hydrogen-bond donors (Lipinski definition) is 1. The third kappa shape index (κ3) is 4.95. The van der Waals surface area contributed by atoms with Crippen LogP contribution in [0.2, 0.25) is 0 Å². The average Bonchev–Trinajstić information content (AvgIpc) is 2.79. The minimum atomic E-state index is -1.06. The lowest BCUT2D eigenvalue weighted by atomic mass is 9.86. The number of anilines is 2. The highest BCUT2D eigenvalue weighted by Gasteiger charge is 2.24. The molecule has 0 atom stereocenters. The second-order valence-electron chi connectivity index (χ2n) is 8.37. The molecule has 1 aliphatic rings. The Bertz CT molecular complexity index is 1110. The molecule has 0 saturated heterocycles. The molecular formula is C24H26F2N4O2. The Hall–Kier alpha value is -3.29. The number of aromatic nitrogens is 2. The number of fused-ring (bicyclic) bond motifs is 1. The van der Waals surface area contributed by atoms with Crippen molar-refractivity contribution in [2.75, 3.05) is 30.9 Å². The molecule has 0 aliphatic heterocycles. The van der Waals surface area contributed by atoms with Crippen molar-refractivity contribution in [2.45, 2.75) is 31.7 Å². The number of esters is 1. The van der Waals surface area contributed by atoms with E-state index in [9.17, 15) is 13.6 Å². The van der Waals surface area contributed by atoms with Gasteiger partial charge < -0.3 is 15.0 Å². The first-order valence-corrected chi connectivity index (χ1v) is 10.7. The molecule has 8 heteroatoms. The molecule has 1 aromatic heterocycles. The fraction of sp³-hybridized carbons (Fsp3) is 0.375. The molecule has 1 saturated carbocycles. The van der Waals surface area contributed by atoms with Crippen molar-refractivity contribution in [1.29, 1.82) is 0 Å². The molecule has 168 valence electrons. The van der Waals surface area contributed by atoms with Gasteiger partial charge in [-0.05, 0) is 61.9 Å². The molecule has 0 unspecified atom stereocenters. The Morgan fingerprint density at radius 3 is 2.53 bits per heavy atom. The van der Waals surface area contributed by atoms with Crippen molar-refractivity contribution in [3.05, 3.63) is 59.7 Å². The number of benzene rings is 2. The van der Waals surface area contributed by atoms with Crippen LogP contribution in [0.3, 0.4) is 0 Å². The van der Waals surface area contributed by atoms with Gasteiger partial charge in [-0.1, -0.05) is 12.1 Å². The largest absolute Gasteiger partial charge is 0.462 e. The fourth-order valence-electron chi connectivity index (χ4n) is 4.02. The maximum Gasteiger partial charge on any atom is 0.338 e. The third-order valence-corrected chi connectivity index (χ3v) is 5.79. The van der Waals surface area contributed by atoms with Gasteiger partial charge in [-0.3, -0.25) is 0 Å². The van der Waals surface area contributed by atoms with Gasteiger partial charge in [-0.25, -0.2) is 18.6 Å². The zero-order valence-electron chi connectivity index (χ0n) is 18.1. The summed E-state index contributed by atoms with van der Waals surface area (Å²) in [6.07, 6.45) is 3.58. The Morgan fingerprint density at radius 1 is 1.06 bits per heavy atom. The first-order chi connectivity index (χ1) is 15.4. The van der Waals surface area contributed by atoms with E-state index in [1.807, 2.05) is 43.3 Å². The van der Waals surface area contributed by atoms with E-state index in [0.29, 0.717) is 5.95 Å². The molecule has 0 amide bonds. The summed E-state index contributed by atoms with van der Waals surface area (Å²) in [5.41, 5.74) is 0.913. The van der Waals surface area contributed by atoms with Gasteiger partial charge in [0.15, 0.2) is 11.6 Å². The number of nitrogens with zero attached hydrogens (tertiary/aromatic N) is 3. The second-order valence-corrected chi connectivity index (χ2v) is 8.37. The minimum Gasteiger partial charge on any atom is -0.462 e. The highest BCUT2D eigenvalue weighted by atomic mass is 19.2. The van der Waals surface area contributed by atoms with Crippen LogP contribution in [0.4, 0.5) is 20.5 Å². The maximum absolute atomic E-state index is 13.3. The van der Waals surface area contributed by atoms with Gasteiger partial charge in [0.25, 0.3) is 0 Å². The number of ether oxygens (including phenoxy) is 1. The number of halogens is 2. The molecular weight excluding hydrogens is 414 g/mol. The monoisotopic (exact) mass is 440 g/mol. The first-order valence-electron chi connectivity index (χ1n) is 10.7. The molecule has 0 radical (unpaired) electrons. The van der Waals surface area contributed by atoms with Gasteiger partial charge in [0.05, 0.1) is 17.7 Å². The SMILES string of the molecule is CN(C)c1nc(NC2CCC(COC(=O)c3ccc(F)c(F)c3)CC2)nc2ccccc12. The van der Waals surface area contributed by atoms with E-state index in [-0.39, 0.29) is 24.1 Å². The third-order valence-electron chi connectivity index (χ3n) is 5.79. The fourth-order valence-corrected chi connectivity index (χ4v) is 4.02. The lowest BCUT2D eigenvalue weighted by Gasteiger charge is -2.29. The van der Waals surface area contributed by atoms with E-state index in [4.69, 9.17) is 9.72 Å². The lowest BCUT2D eigenvalue weighted by molar-refractivity contribution is 0.0407. The smallest absolute Gasteiger partial charge is 0.338 e. The molecule has 1 aliphatic carbocycles. The Labute approximate surface area is 185 Å². The molecule has 0 bridgehead atoms. The van der Waals surface area contributed by atoms with Crippen molar-refractivity contribution in [1.82, 2.24) is 9.97 Å². The summed E-state index contributed by atoms with van der Waals surface area (Å²) in [4.78, 5) is 23.4. The van der Waals surface area contributed by atoms with Crippen molar-refractivity contribution < 1.29 is 18.3 Å². The summed E-state index contributed by atoms with van der Waals surface area (Å²) in [6, 6.07) is 11.2. The lowest BCUT2D eigenvalue weighted by Crippen LogP contribution is -2.29. The van der Waals surface area contributed by atoms with Crippen LogP contribution in [0.5, 0.6) is 0 Å². The summed E-state index contributed by atoms with van der Waals surface area (Å²) in [5, 5.41) is 4.47. The molecule has 0 spiro atoms. The van der Waals surface area contributed by atoms with Crippen LogP contribution in [0, 0.1) is 17.6 Å². The molecule has 2 aromatic carbocycles. The zero-order valence-corrected chi connectivity index (χ0v) is 18.1. The van der Waals surface area contributed by atoms with Crippen LogP contribution in [0.25, 0.3) is 10.9 Å². The van der Waals surface area contributed by atoms with Crippen LogP contribution in [-0.2, 0) is 4.74 Å². The van der Waals surface area contributed by atoms with Crippen LogP contribution in [0.1, 0.15) is 36.0 Å². The predicted octanol–water partition coefficient (Wildman–Crippen LogP) is 4.80. The molecule has 3 aromatic rings. The number of carbonyl (C=O) groups excluding carboxylic acids is 1. The minimum absolute atomic E-state index is 0.0180. The normalized spacial score (nSPS) is 18.4. The topological polar surface area (TPSA) is 67.3 Å². The van der Waals surface area contributed by atoms with Crippen LogP contribution in [-0.4, -0.2) is 42.7 Å². The number of hydrogen-bond acceptors (Lipinski definition) is 6. The van der Waals surface area contributed by atoms with Crippen molar-refractivity contribution in [2.24, 2.45) is 5.92 Å². The Kier molecular flexibility index (Phi) is 6.48. The highest BCUT2D eigenvalue weighted by molar-refractivity contribution is 5.90. The second kappa shape index (κ2) is 9.46. The Balaban J connectivity index is 1.31. The molecule has 32 heavy (non-hydrogen) atoms. The molecule has 1 fully saturated rings. The molecule has 1 N–H and O–H groups in total. The van der Waals surface area contributed by atoms with Crippen molar-refractivity contribution >= 4 is 28.6 Å². The van der Waals surface area contributed by atoms with Gasteiger partial charge in [0.2, 0.25) is 5.95 Å². The number of carbonyl (C=O) groups is 1. The van der Waals surface area contributed by atoms with Crippen LogP contribution in [0.15, 0.2) is 42.5 Å². The summed E-state index contributed by atoms with van der Waals surface area (Å²) in [7, 11) is 3.93. The van der Waals surface area contributed by atoms with Crippen molar-refractivity contribution in [3.63, 3.8) is 0 Å². The van der Waals surface area contributed by atoms with Crippen LogP contribution >= 0.6 is 0 Å². The standard InChI is InChI=1S/C24H26F2N4O2/c1-30(2)22-18-5-3-4-6-21(18)28-24(29-22)27-17-10-7-15(8-11-17)14-32-23(31)16-9-12-19(25)20(26)13-16/h3-6,9,12-13,15,17H,7-8,10-11,14H2,1-2H3,(H,27,28,29). The van der Waals surface area contributed by atoms with E-state index < -0.39 is 17.6 Å². The summed E-state index contributed by atoms with van der Waals surface area (Å²) < 4.78 is 31.7. The van der Waals surface area contributed by atoms with Gasteiger partial charge in [-0.2, -0.15) is 4.98 Å². The van der Waals surface area contributed by atoms with Crippen LogP contribution < -0.4 is 10.2 Å². The number of para-hydroxylation sites is 1. The van der Waals surface area contributed by atoms with E-state index in [0.717, 1.165) is 54.5 Å². The number of nitrogens with one attached hydrogen (secondary N) is 1. The van der Waals surface area contributed by atoms with E-state index in [1.54, 1.807) is 0 Å². The quantitative estimate of drug-likeness (QED) is 0.556. The van der Waals surface area contributed by atoms with Gasteiger partial charge in [-0.15, -0.1) is 0 Å². The predicted molar refractivity (Wildman–Crippen MR) is 120 cm³/mol. The van der Waals surface area contributed by atoms with Gasteiger partial charge in [0, 0.05) is 25.5 Å². The maximum atomic E-state index is 13.3. The summed E-state index contributed by atoms with van der Waals surface area (Å²) in [6.45, 7) is 0.266. The molecule has 4 rings (SSSR count). The van der Waals surface area contributed by atoms with Gasteiger partial charge >= 0.3 is 5.97 Å². The van der Waals surface area contributed by atoms with Gasteiger partial charge in [0.1, 0.15) is 5.82 Å². The first kappa shape index (κ1) is 21.9. The van der Waals surface area contributed by atoms with E-state index in [1.165, 1.54) is 6.07 Å². The Morgan fingerprint density at radius 2 is 1.81 bits per heavy atom. The van der Waals surface area contributed by atoms with Crippen molar-refractivity contribution in [3.8, 4) is 0 Å². The molecule has 6 nitrogen and oxygen atoms in total. The summed E-state index contributed by atoms with van der Waals surface area (Å²) >= 11 is 0. The average molecular weight is 440 g/mol. The molecule has 1 heterocycles. The van der Waals surface area contributed by atoms with E-state index >= 15 is 0 Å². The summed E-state index contributed by atoms with van der Waals surface area (Å²) in [5.74, 6) is -0.960. The zero-order chi connectivity index (χ0) is 22.7. The highest BCUT2D eigenvalue weighted by Crippen LogP contribution is 2.28. The number of rotatable bonds is 6.